The smallest absolute Gasteiger partial charge is 0.277 e. The van der Waals surface area contributed by atoms with Crippen molar-refractivity contribution < 1.29 is 22.6 Å². The van der Waals surface area contributed by atoms with Crippen LogP contribution >= 0.6 is 11.8 Å². The topological polar surface area (TPSA) is 66.6 Å². The van der Waals surface area contributed by atoms with Gasteiger partial charge in [-0.25, -0.2) is 0 Å². The van der Waals surface area contributed by atoms with Crippen LogP contribution in [0.5, 0.6) is 0 Å². The lowest BCUT2D eigenvalue weighted by Gasteiger charge is -2.03. The molecule has 0 unspecified atom stereocenters. The third-order valence-electron chi connectivity index (χ3n) is 3.51. The summed E-state index contributed by atoms with van der Waals surface area (Å²) in [5.74, 6) is 1.38. The molecule has 4 nitrogen and oxygen atoms in total. The van der Waals surface area contributed by atoms with Crippen LogP contribution in [0.15, 0.2) is 76.4 Å². The summed E-state index contributed by atoms with van der Waals surface area (Å²) in [5.41, 5.74) is 6.54. The Bertz CT molecular complexity index is 778. The summed E-state index contributed by atoms with van der Waals surface area (Å²) in [5, 5.41) is 8.81. The van der Waals surface area contributed by atoms with Gasteiger partial charge in [-0.2, -0.15) is 0 Å². The summed E-state index contributed by atoms with van der Waals surface area (Å²) < 4.78 is 5.71. The van der Waals surface area contributed by atoms with E-state index < -0.39 is 0 Å². The van der Waals surface area contributed by atoms with Crippen LogP contribution in [0.1, 0.15) is 23.1 Å². The molecule has 3 rings (SSSR count). The van der Waals surface area contributed by atoms with Crippen molar-refractivity contribution in [1.82, 2.24) is 10.2 Å². The third kappa shape index (κ3) is 6.05. The molecule has 1 aromatic heterocycles. The van der Waals surface area contributed by atoms with Crippen molar-refractivity contribution in [3.8, 4) is 0 Å². The molecule has 0 aliphatic rings. The van der Waals surface area contributed by atoms with Crippen LogP contribution in [0.4, 0.5) is 0 Å². The highest BCUT2D eigenvalue weighted by atomic mass is 35.5. The van der Waals surface area contributed by atoms with Crippen molar-refractivity contribution in [2.24, 2.45) is 0 Å². The van der Waals surface area contributed by atoms with Crippen molar-refractivity contribution in [1.29, 1.82) is 0 Å². The molecule has 2 aromatic carbocycles. The number of thioether (sulfide) groups is 1. The number of quaternary nitrogens is 1. The van der Waals surface area contributed by atoms with E-state index in [4.69, 9.17) is 4.42 Å². The minimum absolute atomic E-state index is 0. The summed E-state index contributed by atoms with van der Waals surface area (Å²) in [6.07, 6.45) is 4.97. The number of nitrogens with zero attached hydrogens (tertiary/aromatic N) is 2. The molecule has 130 valence electrons. The molecule has 0 aliphatic heterocycles. The zero-order chi connectivity index (χ0) is 16.6. The molecule has 6 heteroatoms. The maximum absolute atomic E-state index is 5.71. The molecule has 3 N–H and O–H groups in total. The molecule has 1 heterocycles. The second-order valence-electron chi connectivity index (χ2n) is 5.42. The maximum atomic E-state index is 5.71. The maximum Gasteiger partial charge on any atom is 0.277 e. The van der Waals surface area contributed by atoms with Crippen LogP contribution in [-0.4, -0.2) is 16.0 Å². The summed E-state index contributed by atoms with van der Waals surface area (Å²) in [6, 6.07) is 20.4. The fraction of sp³-hybridized carbons (Fsp3) is 0.158. The number of benzene rings is 2. The molecular formula is C19H20ClN3OS. The van der Waals surface area contributed by atoms with Crippen LogP contribution in [0.2, 0.25) is 0 Å². The molecular weight excluding hydrogens is 354 g/mol. The summed E-state index contributed by atoms with van der Waals surface area (Å²) in [4.78, 5) is 0. The number of halogens is 1. The molecule has 0 spiro atoms. The molecule has 25 heavy (non-hydrogen) atoms. The van der Waals surface area contributed by atoms with Gasteiger partial charge in [0.15, 0.2) is 6.04 Å². The normalized spacial score (nSPS) is 12.0. The Morgan fingerprint density at radius 3 is 2.40 bits per heavy atom. The average Bonchev–Trinajstić information content (AvgIpc) is 3.10. The summed E-state index contributed by atoms with van der Waals surface area (Å²) >= 11 is 1.53. The van der Waals surface area contributed by atoms with E-state index in [-0.39, 0.29) is 18.4 Å². The van der Waals surface area contributed by atoms with Gasteiger partial charge in [0.1, 0.15) is 0 Å². The predicted octanol–water partition coefficient (Wildman–Crippen LogP) is 0.405. The third-order valence-corrected chi connectivity index (χ3v) is 4.28. The lowest BCUT2D eigenvalue weighted by Crippen LogP contribution is -3.00. The SMILES string of the molecule is [Cl-].[NH3+][C@@H](Cc1ccccc1)c1nnc(SC/C=C/c2ccccc2)o1. The van der Waals surface area contributed by atoms with Gasteiger partial charge in [0, 0.05) is 12.2 Å². The van der Waals surface area contributed by atoms with Crippen molar-refractivity contribution in [3.05, 3.63) is 83.8 Å². The molecule has 0 amide bonds. The average molecular weight is 374 g/mol. The number of rotatable bonds is 7. The van der Waals surface area contributed by atoms with E-state index in [0.29, 0.717) is 11.1 Å². The summed E-state index contributed by atoms with van der Waals surface area (Å²) in [7, 11) is 0. The monoisotopic (exact) mass is 373 g/mol. The molecule has 0 saturated heterocycles. The van der Waals surface area contributed by atoms with E-state index >= 15 is 0 Å². The first kappa shape index (κ1) is 19.2. The molecule has 0 fully saturated rings. The Labute approximate surface area is 157 Å². The van der Waals surface area contributed by atoms with Crippen LogP contribution in [0.25, 0.3) is 6.08 Å². The first-order valence-corrected chi connectivity index (χ1v) is 8.84. The van der Waals surface area contributed by atoms with Crippen LogP contribution < -0.4 is 18.1 Å². The van der Waals surface area contributed by atoms with E-state index in [1.165, 1.54) is 22.9 Å². The molecule has 0 aliphatic carbocycles. The van der Waals surface area contributed by atoms with Crippen molar-refractivity contribution >= 4 is 17.8 Å². The Balaban J connectivity index is 0.00000225. The van der Waals surface area contributed by atoms with Gasteiger partial charge in [-0.05, 0) is 11.1 Å². The van der Waals surface area contributed by atoms with Crippen molar-refractivity contribution in [3.63, 3.8) is 0 Å². The van der Waals surface area contributed by atoms with E-state index in [9.17, 15) is 0 Å². The van der Waals surface area contributed by atoms with E-state index in [1.54, 1.807) is 0 Å². The fourth-order valence-electron chi connectivity index (χ4n) is 2.30. The highest BCUT2D eigenvalue weighted by Gasteiger charge is 2.18. The van der Waals surface area contributed by atoms with Gasteiger partial charge in [0.05, 0.1) is 0 Å². The Morgan fingerprint density at radius 1 is 1.00 bits per heavy atom. The lowest BCUT2D eigenvalue weighted by molar-refractivity contribution is -0.431. The molecule has 0 radical (unpaired) electrons. The minimum atomic E-state index is -0.0332. The number of hydrogen-bond donors (Lipinski definition) is 1. The molecule has 0 saturated carbocycles. The fourth-order valence-corrected chi connectivity index (χ4v) is 2.88. The first-order valence-electron chi connectivity index (χ1n) is 7.86. The van der Waals surface area contributed by atoms with Gasteiger partial charge >= 0.3 is 0 Å². The number of hydrogen-bond acceptors (Lipinski definition) is 4. The second-order valence-corrected chi connectivity index (χ2v) is 6.39. The molecule has 0 bridgehead atoms. The quantitative estimate of drug-likeness (QED) is 0.609. The van der Waals surface area contributed by atoms with Crippen LogP contribution in [0, 0.1) is 0 Å². The van der Waals surface area contributed by atoms with E-state index in [1.807, 2.05) is 36.4 Å². The van der Waals surface area contributed by atoms with Gasteiger partial charge in [-0.3, -0.25) is 0 Å². The Morgan fingerprint density at radius 2 is 1.68 bits per heavy atom. The minimum Gasteiger partial charge on any atom is -1.00 e. The van der Waals surface area contributed by atoms with Crippen LogP contribution in [-0.2, 0) is 6.42 Å². The van der Waals surface area contributed by atoms with Gasteiger partial charge < -0.3 is 22.6 Å². The van der Waals surface area contributed by atoms with Crippen LogP contribution in [0.3, 0.4) is 0 Å². The van der Waals surface area contributed by atoms with Gasteiger partial charge in [0.25, 0.3) is 11.1 Å². The zero-order valence-corrected chi connectivity index (χ0v) is 15.3. The largest absolute Gasteiger partial charge is 1.00 e. The molecule has 3 aromatic rings. The Hall–Kier alpha value is -2.08. The number of aromatic nitrogens is 2. The standard InChI is InChI=1S/C19H19N3OS.ClH/c20-17(14-16-10-5-2-6-11-16)18-21-22-19(23-18)24-13-7-12-15-8-3-1-4-9-15;/h1-12,17H,13-14,20H2;1H/b12-7+;/t17-;/m0./s1. The predicted molar refractivity (Wildman–Crippen MR) is 96.3 cm³/mol. The van der Waals surface area contributed by atoms with Gasteiger partial charge in [0.2, 0.25) is 0 Å². The first-order chi connectivity index (χ1) is 11.8. The van der Waals surface area contributed by atoms with Gasteiger partial charge in [-0.1, -0.05) is 84.6 Å². The Kier molecular flexibility index (Phi) is 7.73. The van der Waals surface area contributed by atoms with E-state index in [0.717, 1.165) is 12.2 Å². The lowest BCUT2D eigenvalue weighted by atomic mass is 10.1. The highest BCUT2D eigenvalue weighted by molar-refractivity contribution is 7.99. The zero-order valence-electron chi connectivity index (χ0n) is 13.7. The second kappa shape index (κ2) is 10.0. The van der Waals surface area contributed by atoms with E-state index in [2.05, 4.69) is 52.3 Å². The van der Waals surface area contributed by atoms with Gasteiger partial charge in [-0.15, -0.1) is 10.2 Å². The summed E-state index contributed by atoms with van der Waals surface area (Å²) in [6.45, 7) is 0. The van der Waals surface area contributed by atoms with Crippen molar-refractivity contribution in [2.45, 2.75) is 17.7 Å². The highest BCUT2D eigenvalue weighted by Crippen LogP contribution is 2.20. The molecule has 1 atom stereocenters. The van der Waals surface area contributed by atoms with Crippen molar-refractivity contribution in [2.75, 3.05) is 5.75 Å².